The van der Waals surface area contributed by atoms with Crippen molar-refractivity contribution < 1.29 is 9.47 Å². The van der Waals surface area contributed by atoms with Crippen LogP contribution in [0.25, 0.3) is 0 Å². The maximum absolute atomic E-state index is 6.04. The van der Waals surface area contributed by atoms with E-state index in [0.717, 1.165) is 25.9 Å². The number of ether oxygens (including phenoxy) is 2. The molecule has 3 heteroatoms. The molecule has 0 aromatic rings. The first-order valence-corrected chi connectivity index (χ1v) is 6.58. The van der Waals surface area contributed by atoms with Crippen molar-refractivity contribution in [1.29, 1.82) is 0 Å². The Labute approximate surface area is 97.3 Å². The van der Waals surface area contributed by atoms with Crippen LogP contribution in [0.15, 0.2) is 0 Å². The van der Waals surface area contributed by atoms with Crippen molar-refractivity contribution in [3.63, 3.8) is 0 Å². The van der Waals surface area contributed by atoms with Crippen LogP contribution in [0.3, 0.4) is 0 Å². The lowest BCUT2D eigenvalue weighted by Gasteiger charge is -2.42. The Kier molecular flexibility index (Phi) is 3.92. The van der Waals surface area contributed by atoms with Crippen LogP contribution >= 0.6 is 11.6 Å². The van der Waals surface area contributed by atoms with E-state index >= 15 is 0 Å². The maximum atomic E-state index is 6.04. The standard InChI is InChI=1S/C12H21ClO2/c1-14-12(6-2-3-7-12)11-10(9-13)5-4-8-15-11/h10-11H,2-9H2,1H3. The summed E-state index contributed by atoms with van der Waals surface area (Å²) in [5.74, 6) is 1.19. The lowest BCUT2D eigenvalue weighted by atomic mass is 9.82. The number of halogens is 1. The van der Waals surface area contributed by atoms with Gasteiger partial charge in [-0.25, -0.2) is 0 Å². The van der Waals surface area contributed by atoms with Gasteiger partial charge in [-0.15, -0.1) is 11.6 Å². The second kappa shape index (κ2) is 5.03. The van der Waals surface area contributed by atoms with Crippen molar-refractivity contribution >= 4 is 11.6 Å². The van der Waals surface area contributed by atoms with Crippen molar-refractivity contribution in [2.45, 2.75) is 50.2 Å². The Morgan fingerprint density at radius 3 is 2.67 bits per heavy atom. The zero-order chi connectivity index (χ0) is 10.7. The van der Waals surface area contributed by atoms with Crippen molar-refractivity contribution in [3.05, 3.63) is 0 Å². The van der Waals surface area contributed by atoms with Crippen LogP contribution in [0.4, 0.5) is 0 Å². The monoisotopic (exact) mass is 232 g/mol. The predicted molar refractivity (Wildman–Crippen MR) is 61.4 cm³/mol. The zero-order valence-electron chi connectivity index (χ0n) is 9.51. The molecule has 0 amide bonds. The van der Waals surface area contributed by atoms with Gasteiger partial charge in [0, 0.05) is 25.5 Å². The van der Waals surface area contributed by atoms with E-state index in [1.54, 1.807) is 0 Å². The van der Waals surface area contributed by atoms with Gasteiger partial charge in [0.1, 0.15) is 0 Å². The summed E-state index contributed by atoms with van der Waals surface area (Å²) >= 11 is 6.04. The minimum Gasteiger partial charge on any atom is -0.376 e. The van der Waals surface area contributed by atoms with Crippen LogP contribution in [0.2, 0.25) is 0 Å². The first kappa shape index (κ1) is 11.7. The van der Waals surface area contributed by atoms with Gasteiger partial charge in [-0.05, 0) is 25.7 Å². The fourth-order valence-electron chi connectivity index (χ4n) is 3.16. The van der Waals surface area contributed by atoms with Gasteiger partial charge < -0.3 is 9.47 Å². The molecule has 0 spiro atoms. The molecule has 2 fully saturated rings. The minimum atomic E-state index is -0.0278. The van der Waals surface area contributed by atoms with E-state index in [1.165, 1.54) is 19.3 Å². The molecule has 1 saturated heterocycles. The summed E-state index contributed by atoms with van der Waals surface area (Å²) in [6, 6.07) is 0. The Hall–Kier alpha value is 0.210. The lowest BCUT2D eigenvalue weighted by molar-refractivity contribution is -0.161. The Bertz CT molecular complexity index is 202. The molecule has 1 saturated carbocycles. The third kappa shape index (κ3) is 2.17. The second-order valence-electron chi connectivity index (χ2n) is 4.82. The van der Waals surface area contributed by atoms with Gasteiger partial charge >= 0.3 is 0 Å². The van der Waals surface area contributed by atoms with E-state index in [0.29, 0.717) is 11.8 Å². The quantitative estimate of drug-likeness (QED) is 0.697. The normalized spacial score (nSPS) is 35.6. The summed E-state index contributed by atoms with van der Waals surface area (Å²) in [6.45, 7) is 0.878. The van der Waals surface area contributed by atoms with E-state index in [2.05, 4.69) is 0 Å². The number of alkyl halides is 1. The van der Waals surface area contributed by atoms with Crippen LogP contribution in [-0.4, -0.2) is 31.3 Å². The molecule has 15 heavy (non-hydrogen) atoms. The lowest BCUT2D eigenvalue weighted by Crippen LogP contribution is -2.50. The largest absolute Gasteiger partial charge is 0.376 e. The van der Waals surface area contributed by atoms with Gasteiger partial charge in [-0.1, -0.05) is 12.8 Å². The smallest absolute Gasteiger partial charge is 0.0942 e. The number of hydrogen-bond donors (Lipinski definition) is 0. The number of methoxy groups -OCH3 is 1. The SMILES string of the molecule is COC1(C2OCCCC2CCl)CCCC1. The molecule has 1 heterocycles. The molecule has 1 aliphatic heterocycles. The van der Waals surface area contributed by atoms with E-state index < -0.39 is 0 Å². The molecule has 0 N–H and O–H groups in total. The molecule has 2 unspecified atom stereocenters. The molecule has 0 bridgehead atoms. The van der Waals surface area contributed by atoms with E-state index in [-0.39, 0.29) is 11.7 Å². The Morgan fingerprint density at radius 1 is 1.33 bits per heavy atom. The number of rotatable bonds is 3. The van der Waals surface area contributed by atoms with E-state index in [9.17, 15) is 0 Å². The van der Waals surface area contributed by atoms with Crippen LogP contribution in [-0.2, 0) is 9.47 Å². The molecule has 88 valence electrons. The van der Waals surface area contributed by atoms with Crippen LogP contribution in [0.1, 0.15) is 38.5 Å². The predicted octanol–water partition coefficient (Wildman–Crippen LogP) is 2.98. The first-order valence-electron chi connectivity index (χ1n) is 6.05. The molecule has 0 radical (unpaired) electrons. The average molecular weight is 233 g/mol. The molecule has 2 atom stereocenters. The van der Waals surface area contributed by atoms with Crippen molar-refractivity contribution in [2.24, 2.45) is 5.92 Å². The molecular weight excluding hydrogens is 212 g/mol. The summed E-state index contributed by atoms with van der Waals surface area (Å²) in [7, 11) is 1.83. The zero-order valence-corrected chi connectivity index (χ0v) is 10.3. The van der Waals surface area contributed by atoms with Crippen LogP contribution < -0.4 is 0 Å². The highest BCUT2D eigenvalue weighted by Crippen LogP contribution is 2.42. The van der Waals surface area contributed by atoms with Gasteiger partial charge in [0.05, 0.1) is 11.7 Å². The molecule has 0 aromatic heterocycles. The minimum absolute atomic E-state index is 0.0278. The highest BCUT2D eigenvalue weighted by Gasteiger charge is 2.46. The molecule has 0 aromatic carbocycles. The molecule has 2 rings (SSSR count). The topological polar surface area (TPSA) is 18.5 Å². The van der Waals surface area contributed by atoms with Gasteiger partial charge in [-0.3, -0.25) is 0 Å². The first-order chi connectivity index (χ1) is 7.32. The second-order valence-corrected chi connectivity index (χ2v) is 5.13. The Morgan fingerprint density at radius 2 is 2.07 bits per heavy atom. The van der Waals surface area contributed by atoms with E-state index in [4.69, 9.17) is 21.1 Å². The van der Waals surface area contributed by atoms with Crippen LogP contribution in [0, 0.1) is 5.92 Å². The molecule has 2 nitrogen and oxygen atoms in total. The van der Waals surface area contributed by atoms with Gasteiger partial charge in [0.25, 0.3) is 0 Å². The summed E-state index contributed by atoms with van der Waals surface area (Å²) in [5.41, 5.74) is -0.0278. The maximum Gasteiger partial charge on any atom is 0.0942 e. The summed E-state index contributed by atoms with van der Waals surface area (Å²) < 4.78 is 11.7. The molecule has 2 aliphatic rings. The van der Waals surface area contributed by atoms with Gasteiger partial charge in [0.15, 0.2) is 0 Å². The van der Waals surface area contributed by atoms with Gasteiger partial charge in [-0.2, -0.15) is 0 Å². The van der Waals surface area contributed by atoms with Crippen molar-refractivity contribution in [2.75, 3.05) is 19.6 Å². The highest BCUT2D eigenvalue weighted by molar-refractivity contribution is 6.18. The van der Waals surface area contributed by atoms with Crippen molar-refractivity contribution in [1.82, 2.24) is 0 Å². The summed E-state index contributed by atoms with van der Waals surface area (Å²) in [6.07, 6.45) is 7.39. The molecular formula is C12H21ClO2. The summed E-state index contributed by atoms with van der Waals surface area (Å²) in [5, 5.41) is 0. The van der Waals surface area contributed by atoms with E-state index in [1.807, 2.05) is 7.11 Å². The fraction of sp³-hybridized carbons (Fsp3) is 1.00. The molecule has 1 aliphatic carbocycles. The highest BCUT2D eigenvalue weighted by atomic mass is 35.5. The van der Waals surface area contributed by atoms with Gasteiger partial charge in [0.2, 0.25) is 0 Å². The number of hydrogen-bond acceptors (Lipinski definition) is 2. The van der Waals surface area contributed by atoms with Crippen LogP contribution in [0.5, 0.6) is 0 Å². The average Bonchev–Trinajstić information content (AvgIpc) is 2.79. The third-order valence-electron chi connectivity index (χ3n) is 4.02. The Balaban J connectivity index is 2.10. The van der Waals surface area contributed by atoms with Crippen molar-refractivity contribution in [3.8, 4) is 0 Å². The fourth-order valence-corrected chi connectivity index (χ4v) is 3.48. The summed E-state index contributed by atoms with van der Waals surface area (Å²) in [4.78, 5) is 0. The third-order valence-corrected chi connectivity index (χ3v) is 4.41.